The lowest BCUT2D eigenvalue weighted by Gasteiger charge is -2.24. The largest absolute Gasteiger partial charge is 0.330 e. The van der Waals surface area contributed by atoms with E-state index in [-0.39, 0.29) is 11.2 Å². The Kier molecular flexibility index (Phi) is 4.20. The van der Waals surface area contributed by atoms with Gasteiger partial charge in [-0.15, -0.1) is 0 Å². The van der Waals surface area contributed by atoms with Crippen LogP contribution in [0.5, 0.6) is 0 Å². The van der Waals surface area contributed by atoms with E-state index in [0.717, 1.165) is 36.6 Å². The van der Waals surface area contributed by atoms with Crippen molar-refractivity contribution >= 4 is 10.8 Å². The summed E-state index contributed by atoms with van der Waals surface area (Å²) < 4.78 is 13.7. The van der Waals surface area contributed by atoms with Crippen molar-refractivity contribution in [1.29, 1.82) is 0 Å². The van der Waals surface area contributed by atoms with Crippen LogP contribution >= 0.6 is 0 Å². The summed E-state index contributed by atoms with van der Waals surface area (Å²) in [7, 11) is 0. The molecule has 2 N–H and O–H groups in total. The van der Waals surface area contributed by atoms with E-state index in [0.29, 0.717) is 0 Å². The van der Waals surface area contributed by atoms with Crippen molar-refractivity contribution in [3.8, 4) is 0 Å². The van der Waals surface area contributed by atoms with Crippen molar-refractivity contribution in [2.75, 3.05) is 6.54 Å². The highest BCUT2D eigenvalue weighted by Crippen LogP contribution is 2.29. The molecule has 0 aliphatic heterocycles. The van der Waals surface area contributed by atoms with Crippen LogP contribution in [-0.2, 0) is 6.42 Å². The fourth-order valence-corrected chi connectivity index (χ4v) is 2.53. The fraction of sp³-hybridized carbons (Fsp3) is 0.412. The average Bonchev–Trinajstić information content (AvgIpc) is 2.38. The Hall–Kier alpha value is -1.41. The second kappa shape index (κ2) is 5.70. The lowest BCUT2D eigenvalue weighted by atomic mass is 9.82. The number of benzene rings is 2. The van der Waals surface area contributed by atoms with E-state index < -0.39 is 0 Å². The molecule has 2 aromatic rings. The highest BCUT2D eigenvalue weighted by molar-refractivity contribution is 5.86. The monoisotopic (exact) mass is 259 g/mol. The van der Waals surface area contributed by atoms with E-state index in [1.165, 1.54) is 5.56 Å². The minimum absolute atomic E-state index is 0.138. The van der Waals surface area contributed by atoms with Crippen molar-refractivity contribution in [3.63, 3.8) is 0 Å². The number of nitrogens with two attached hydrogens (primary N) is 1. The van der Waals surface area contributed by atoms with Crippen LogP contribution in [-0.4, -0.2) is 6.54 Å². The van der Waals surface area contributed by atoms with E-state index in [4.69, 9.17) is 5.73 Å². The van der Waals surface area contributed by atoms with Crippen LogP contribution in [0.4, 0.5) is 4.39 Å². The van der Waals surface area contributed by atoms with Gasteiger partial charge in [0.1, 0.15) is 5.82 Å². The van der Waals surface area contributed by atoms with Crippen LogP contribution < -0.4 is 5.73 Å². The van der Waals surface area contributed by atoms with Crippen molar-refractivity contribution in [2.24, 2.45) is 11.1 Å². The summed E-state index contributed by atoms with van der Waals surface area (Å²) in [6.45, 7) is 5.20. The molecule has 0 spiro atoms. The van der Waals surface area contributed by atoms with Crippen molar-refractivity contribution in [2.45, 2.75) is 33.1 Å². The summed E-state index contributed by atoms with van der Waals surface area (Å²) in [5, 5.41) is 1.75. The van der Waals surface area contributed by atoms with Crippen LogP contribution in [0.2, 0.25) is 0 Å². The van der Waals surface area contributed by atoms with E-state index in [2.05, 4.69) is 13.8 Å². The molecule has 2 aromatic carbocycles. The zero-order valence-corrected chi connectivity index (χ0v) is 11.7. The predicted molar refractivity (Wildman–Crippen MR) is 79.7 cm³/mol. The Balaban J connectivity index is 2.24. The Morgan fingerprint density at radius 2 is 1.68 bits per heavy atom. The first-order chi connectivity index (χ1) is 9.03. The highest BCUT2D eigenvalue weighted by atomic mass is 19.1. The maximum Gasteiger partial charge on any atom is 0.131 e. The quantitative estimate of drug-likeness (QED) is 0.851. The molecule has 0 aliphatic carbocycles. The van der Waals surface area contributed by atoms with Crippen molar-refractivity contribution in [3.05, 3.63) is 47.8 Å². The molecule has 0 aliphatic rings. The number of hydrogen-bond acceptors (Lipinski definition) is 1. The summed E-state index contributed by atoms with van der Waals surface area (Å²) in [6.07, 6.45) is 3.06. The van der Waals surface area contributed by atoms with Crippen LogP contribution in [0.25, 0.3) is 10.8 Å². The third-order valence-corrected chi connectivity index (χ3v) is 3.85. The standard InChI is InChI=1S/C17H22FN/c1-17(2,11-12-19)10-9-13-7-8-16(18)15-6-4-3-5-14(13)15/h3-8H,9-12,19H2,1-2H3. The summed E-state index contributed by atoms with van der Waals surface area (Å²) >= 11 is 0. The second-order valence-corrected chi connectivity index (χ2v) is 5.95. The van der Waals surface area contributed by atoms with Crippen LogP contribution in [0, 0.1) is 11.2 Å². The molecular formula is C17H22FN. The van der Waals surface area contributed by atoms with Gasteiger partial charge in [-0.3, -0.25) is 0 Å². The lowest BCUT2D eigenvalue weighted by molar-refractivity contribution is 0.314. The van der Waals surface area contributed by atoms with Gasteiger partial charge in [-0.1, -0.05) is 44.2 Å². The first-order valence-corrected chi connectivity index (χ1v) is 6.90. The summed E-state index contributed by atoms with van der Waals surface area (Å²) in [6, 6.07) is 11.2. The second-order valence-electron chi connectivity index (χ2n) is 5.95. The molecule has 0 aromatic heterocycles. The minimum Gasteiger partial charge on any atom is -0.330 e. The molecule has 19 heavy (non-hydrogen) atoms. The molecule has 0 atom stereocenters. The summed E-state index contributed by atoms with van der Waals surface area (Å²) in [4.78, 5) is 0. The SMILES string of the molecule is CC(C)(CCN)CCc1ccc(F)c2ccccc12. The van der Waals surface area contributed by atoms with Gasteiger partial charge < -0.3 is 5.73 Å². The zero-order chi connectivity index (χ0) is 13.9. The van der Waals surface area contributed by atoms with Crippen molar-refractivity contribution in [1.82, 2.24) is 0 Å². The molecule has 0 radical (unpaired) electrons. The van der Waals surface area contributed by atoms with Gasteiger partial charge in [0, 0.05) is 5.39 Å². The molecule has 0 unspecified atom stereocenters. The van der Waals surface area contributed by atoms with Gasteiger partial charge in [-0.2, -0.15) is 0 Å². The number of aryl methyl sites for hydroxylation is 1. The minimum atomic E-state index is -0.138. The maximum absolute atomic E-state index is 13.7. The maximum atomic E-state index is 13.7. The number of fused-ring (bicyclic) bond motifs is 1. The van der Waals surface area contributed by atoms with E-state index in [9.17, 15) is 4.39 Å². The van der Waals surface area contributed by atoms with Crippen LogP contribution in [0.15, 0.2) is 36.4 Å². The highest BCUT2D eigenvalue weighted by Gasteiger charge is 2.17. The lowest BCUT2D eigenvalue weighted by Crippen LogP contribution is -2.17. The van der Waals surface area contributed by atoms with Gasteiger partial charge in [0.2, 0.25) is 0 Å². The number of halogens is 1. The fourth-order valence-electron chi connectivity index (χ4n) is 2.53. The first-order valence-electron chi connectivity index (χ1n) is 6.90. The molecular weight excluding hydrogens is 237 g/mol. The average molecular weight is 259 g/mol. The number of rotatable bonds is 5. The van der Waals surface area contributed by atoms with Crippen molar-refractivity contribution < 1.29 is 4.39 Å². The molecule has 0 amide bonds. The van der Waals surface area contributed by atoms with Gasteiger partial charge in [0.05, 0.1) is 0 Å². The van der Waals surface area contributed by atoms with Crippen LogP contribution in [0.3, 0.4) is 0 Å². The van der Waals surface area contributed by atoms with Gasteiger partial charge in [0.15, 0.2) is 0 Å². The third kappa shape index (κ3) is 3.32. The summed E-state index contributed by atoms with van der Waals surface area (Å²) in [5.41, 5.74) is 7.11. The molecule has 0 saturated heterocycles. The van der Waals surface area contributed by atoms with E-state index in [1.54, 1.807) is 6.07 Å². The zero-order valence-electron chi connectivity index (χ0n) is 11.7. The molecule has 2 rings (SSSR count). The van der Waals surface area contributed by atoms with Crippen LogP contribution in [0.1, 0.15) is 32.3 Å². The van der Waals surface area contributed by atoms with E-state index >= 15 is 0 Å². The molecule has 2 heteroatoms. The summed E-state index contributed by atoms with van der Waals surface area (Å²) in [5.74, 6) is -0.138. The third-order valence-electron chi connectivity index (χ3n) is 3.85. The molecule has 102 valence electrons. The number of hydrogen-bond donors (Lipinski definition) is 1. The predicted octanol–water partition coefficient (Wildman–Crippen LogP) is 4.29. The Morgan fingerprint density at radius 1 is 1.00 bits per heavy atom. The van der Waals surface area contributed by atoms with Gasteiger partial charge >= 0.3 is 0 Å². The Morgan fingerprint density at radius 3 is 2.37 bits per heavy atom. The molecule has 1 nitrogen and oxygen atoms in total. The molecule has 0 fully saturated rings. The molecule has 0 heterocycles. The molecule has 0 bridgehead atoms. The topological polar surface area (TPSA) is 26.0 Å². The Labute approximate surface area is 114 Å². The Bertz CT molecular complexity index is 560. The van der Waals surface area contributed by atoms with Gasteiger partial charge in [-0.05, 0) is 48.2 Å². The molecule has 0 saturated carbocycles. The smallest absolute Gasteiger partial charge is 0.131 e. The van der Waals surface area contributed by atoms with E-state index in [1.807, 2.05) is 30.3 Å². The normalized spacial score (nSPS) is 12.0. The van der Waals surface area contributed by atoms with Gasteiger partial charge in [0.25, 0.3) is 0 Å². The first kappa shape index (κ1) is 14.0. The van der Waals surface area contributed by atoms with Gasteiger partial charge in [-0.25, -0.2) is 4.39 Å².